The third-order valence-electron chi connectivity index (χ3n) is 12.6. The third-order valence-corrected chi connectivity index (χ3v) is 16.6. The van der Waals surface area contributed by atoms with E-state index in [-0.39, 0.29) is 58.9 Å². The second-order valence-corrected chi connectivity index (χ2v) is 21.1. The van der Waals surface area contributed by atoms with Crippen LogP contribution in [-0.4, -0.2) is 91.0 Å². The number of nitrogens with zero attached hydrogens (tertiary/aromatic N) is 2. The molecule has 0 bridgehead atoms. The molecule has 66 heavy (non-hydrogen) atoms. The Morgan fingerprint density at radius 3 is 1.24 bits per heavy atom. The van der Waals surface area contributed by atoms with Crippen molar-refractivity contribution in [2.45, 2.75) is 102 Å². The molecule has 14 nitrogen and oxygen atoms in total. The Bertz CT molecular complexity index is 2310. The number of aliphatic carboxylic acids is 2. The zero-order valence-electron chi connectivity index (χ0n) is 39.1. The van der Waals surface area contributed by atoms with E-state index in [0.717, 1.165) is 62.7 Å². The van der Waals surface area contributed by atoms with Gasteiger partial charge in [-0.05, 0) is 49.9 Å². The molecule has 2 atom stereocenters. The number of para-hydroxylation sites is 2. The van der Waals surface area contributed by atoms with Crippen molar-refractivity contribution in [3.63, 3.8) is 0 Å². The van der Waals surface area contributed by atoms with Gasteiger partial charge in [0.25, 0.3) is 0 Å². The van der Waals surface area contributed by atoms with Crippen LogP contribution in [0.1, 0.15) is 91.9 Å². The molecule has 0 saturated heterocycles. The van der Waals surface area contributed by atoms with E-state index in [1.165, 1.54) is 26.4 Å². The third kappa shape index (κ3) is 12.5. The molecule has 0 radical (unpaired) electrons. The molecule has 0 aromatic heterocycles. The molecular formula is C50H66N2O12S2. The van der Waals surface area contributed by atoms with Crippen molar-refractivity contribution in [2.24, 2.45) is 10.8 Å². The van der Waals surface area contributed by atoms with Gasteiger partial charge in [-0.2, -0.15) is 0 Å². The van der Waals surface area contributed by atoms with Crippen LogP contribution in [0.3, 0.4) is 0 Å². The number of hydrogen-bond donors (Lipinski definition) is 2. The van der Waals surface area contributed by atoms with Crippen molar-refractivity contribution in [2.75, 3.05) is 61.8 Å². The van der Waals surface area contributed by atoms with E-state index < -0.39 is 42.4 Å². The second-order valence-electron chi connectivity index (χ2n) is 17.2. The number of unbranched alkanes of at least 4 members (excludes halogenated alkanes) is 2. The van der Waals surface area contributed by atoms with Gasteiger partial charge in [-0.25, -0.2) is 16.8 Å². The Morgan fingerprint density at radius 1 is 0.576 bits per heavy atom. The molecule has 2 N–H and O–H groups in total. The number of anilines is 4. The Kier molecular flexibility index (Phi) is 17.8. The van der Waals surface area contributed by atoms with Crippen LogP contribution in [0.4, 0.5) is 22.7 Å². The fourth-order valence-electron chi connectivity index (χ4n) is 8.78. The summed E-state index contributed by atoms with van der Waals surface area (Å²) < 4.78 is 77.2. The van der Waals surface area contributed by atoms with Gasteiger partial charge in [0.05, 0.1) is 72.9 Å². The van der Waals surface area contributed by atoms with Crippen molar-refractivity contribution < 1.29 is 55.6 Å². The van der Waals surface area contributed by atoms with Gasteiger partial charge in [0.1, 0.15) is 0 Å². The summed E-state index contributed by atoms with van der Waals surface area (Å²) in [6, 6.07) is 25.9. The molecule has 0 spiro atoms. The summed E-state index contributed by atoms with van der Waals surface area (Å²) in [6.07, 6.45) is 6.62. The number of fused-ring (bicyclic) bond motifs is 2. The quantitative estimate of drug-likeness (QED) is 0.0852. The highest BCUT2D eigenvalue weighted by Gasteiger charge is 2.43. The van der Waals surface area contributed by atoms with Crippen LogP contribution in [0.15, 0.2) is 94.7 Å². The molecular weight excluding hydrogens is 885 g/mol. The van der Waals surface area contributed by atoms with Crippen molar-refractivity contribution in [1.82, 2.24) is 0 Å². The summed E-state index contributed by atoms with van der Waals surface area (Å²) in [5.74, 6) is -0.689. The average Bonchev–Trinajstić information content (AvgIpc) is 3.47. The maximum Gasteiger partial charge on any atom is 0.306 e. The topological polar surface area (TPSA) is 186 Å². The zero-order valence-corrected chi connectivity index (χ0v) is 40.7. The number of carboxylic acid groups (broad SMARTS) is 2. The van der Waals surface area contributed by atoms with Gasteiger partial charge in [0.2, 0.25) is 0 Å². The van der Waals surface area contributed by atoms with E-state index in [4.69, 9.17) is 29.2 Å². The number of ether oxygens (including phenoxy) is 4. The largest absolute Gasteiger partial charge is 0.493 e. The van der Waals surface area contributed by atoms with E-state index in [1.54, 1.807) is 12.1 Å². The van der Waals surface area contributed by atoms with Crippen molar-refractivity contribution >= 4 is 54.4 Å². The van der Waals surface area contributed by atoms with Crippen molar-refractivity contribution in [3.8, 4) is 23.0 Å². The van der Waals surface area contributed by atoms with Crippen LogP contribution in [0.25, 0.3) is 0 Å². The zero-order chi connectivity index (χ0) is 48.1. The average molecular weight is 951 g/mol. The predicted molar refractivity (Wildman–Crippen MR) is 257 cm³/mol. The summed E-state index contributed by atoms with van der Waals surface area (Å²) in [5.41, 5.74) is 2.12. The first-order valence-electron chi connectivity index (χ1n) is 22.7. The molecule has 0 saturated carbocycles. The second kappa shape index (κ2) is 22.8. The van der Waals surface area contributed by atoms with Gasteiger partial charge in [-0.1, -0.05) is 89.8 Å². The molecule has 4 aromatic carbocycles. The van der Waals surface area contributed by atoms with Crippen LogP contribution in [0.5, 0.6) is 23.0 Å². The van der Waals surface area contributed by atoms with E-state index in [2.05, 4.69) is 37.5 Å². The van der Waals surface area contributed by atoms with Gasteiger partial charge in [-0.15, -0.1) is 0 Å². The molecule has 2 aliphatic rings. The highest BCUT2D eigenvalue weighted by atomic mass is 32.2. The monoisotopic (exact) mass is 950 g/mol. The predicted octanol–water partition coefficient (Wildman–Crippen LogP) is 10.1. The normalized spacial score (nSPS) is 19.4. The number of benzene rings is 4. The fourth-order valence-corrected chi connectivity index (χ4v) is 13.1. The van der Waals surface area contributed by atoms with Gasteiger partial charge in [0.15, 0.2) is 42.7 Å². The molecule has 4 aromatic rings. The first kappa shape index (κ1) is 51.5. The fraction of sp³-hybridized carbons (Fsp3) is 0.480. The number of sulfone groups is 2. The van der Waals surface area contributed by atoms with Crippen LogP contribution in [0, 0.1) is 10.8 Å². The Balaban J connectivity index is 0.000000247. The summed E-state index contributed by atoms with van der Waals surface area (Å²) in [5, 5.41) is 17.9. The van der Waals surface area contributed by atoms with Gasteiger partial charge >= 0.3 is 11.9 Å². The van der Waals surface area contributed by atoms with Gasteiger partial charge in [0, 0.05) is 59.6 Å². The SMILES string of the molecule is CCCC[C@@]1(CC)CN(c2ccccc2)c2cc(OC)c(OCCC(=O)O)cc2S(=O)(=O)C1.CCCC[C@]1(CC)CN(c2ccccc2)c2cc(OC)c(OCCC(=O)O)cc2S(=O)(=O)C1. The number of methoxy groups -OCH3 is 2. The summed E-state index contributed by atoms with van der Waals surface area (Å²) in [6.45, 7) is 9.33. The lowest BCUT2D eigenvalue weighted by molar-refractivity contribution is -0.138. The van der Waals surface area contributed by atoms with Gasteiger partial charge < -0.3 is 39.0 Å². The minimum Gasteiger partial charge on any atom is -0.493 e. The summed E-state index contributed by atoms with van der Waals surface area (Å²) in [4.78, 5) is 26.3. The smallest absolute Gasteiger partial charge is 0.306 e. The van der Waals surface area contributed by atoms with Crippen LogP contribution in [0.2, 0.25) is 0 Å². The molecule has 16 heteroatoms. The van der Waals surface area contributed by atoms with Crippen LogP contribution >= 0.6 is 0 Å². The highest BCUT2D eigenvalue weighted by Crippen LogP contribution is 2.49. The lowest BCUT2D eigenvalue weighted by Crippen LogP contribution is -2.37. The first-order chi connectivity index (χ1) is 31.5. The lowest BCUT2D eigenvalue weighted by Gasteiger charge is -2.36. The van der Waals surface area contributed by atoms with Crippen LogP contribution < -0.4 is 28.7 Å². The van der Waals surface area contributed by atoms with E-state index in [1.807, 2.05) is 60.7 Å². The molecule has 6 rings (SSSR count). The maximum absolute atomic E-state index is 13.7. The first-order valence-corrected chi connectivity index (χ1v) is 26.0. The molecule has 0 aliphatic carbocycles. The molecule has 0 amide bonds. The standard InChI is InChI=1S/2C25H33NO6S/c2*1-4-6-13-25(5-2)17-26(19-10-8-7-9-11-19)20-15-21(31-3)22(32-14-12-24(27)28)16-23(20)33(29,30)18-25/h2*7-11,15-16H,4-6,12-14,17-18H2,1-3H3,(H,27,28)/t2*25-/m10/s1. The molecule has 360 valence electrons. The summed E-state index contributed by atoms with van der Waals surface area (Å²) in [7, 11) is -4.33. The Morgan fingerprint density at radius 2 is 0.939 bits per heavy atom. The number of carboxylic acids is 2. The minimum atomic E-state index is -3.65. The van der Waals surface area contributed by atoms with Crippen molar-refractivity contribution in [3.05, 3.63) is 84.9 Å². The number of hydrogen-bond acceptors (Lipinski definition) is 12. The number of carbonyl (C=O) groups is 2. The van der Waals surface area contributed by atoms with E-state index in [9.17, 15) is 26.4 Å². The molecule has 2 heterocycles. The Labute approximate surface area is 390 Å². The van der Waals surface area contributed by atoms with E-state index >= 15 is 0 Å². The van der Waals surface area contributed by atoms with Gasteiger partial charge in [-0.3, -0.25) is 9.59 Å². The summed E-state index contributed by atoms with van der Waals surface area (Å²) >= 11 is 0. The van der Waals surface area contributed by atoms with E-state index in [0.29, 0.717) is 36.0 Å². The molecule has 0 unspecified atom stereocenters. The molecule has 2 aliphatic heterocycles. The Hall–Kier alpha value is -5.48. The highest BCUT2D eigenvalue weighted by molar-refractivity contribution is 7.92. The van der Waals surface area contributed by atoms with Crippen LogP contribution in [-0.2, 0) is 29.3 Å². The number of rotatable bonds is 20. The maximum atomic E-state index is 13.7. The molecule has 0 fully saturated rings. The lowest BCUT2D eigenvalue weighted by atomic mass is 9.81. The van der Waals surface area contributed by atoms with Crippen molar-refractivity contribution in [1.29, 1.82) is 0 Å². The minimum absolute atomic E-state index is 0.0493.